The fourth-order valence-corrected chi connectivity index (χ4v) is 9.39. The molecule has 0 unspecified atom stereocenters. The second kappa shape index (κ2) is 17.6. The average molecular weight is 767 g/mol. The highest BCUT2D eigenvalue weighted by Crippen LogP contribution is 2.45. The van der Waals surface area contributed by atoms with Crippen LogP contribution in [0, 0.1) is 5.92 Å². The Labute approximate surface area is 329 Å². The monoisotopic (exact) mass is 766 g/mol. The fraction of sp³-hybridized carbons (Fsp3) is 0.444. The number of nitrogens with zero attached hydrogens (tertiary/aromatic N) is 1. The lowest BCUT2D eigenvalue weighted by molar-refractivity contribution is -0.185. The van der Waals surface area contributed by atoms with Crippen LogP contribution in [0.2, 0.25) is 0 Å². The van der Waals surface area contributed by atoms with Gasteiger partial charge >= 0.3 is 0 Å². The molecule has 7 rings (SSSR count). The number of amides is 1. The van der Waals surface area contributed by atoms with E-state index in [2.05, 4.69) is 53.5 Å². The molecule has 55 heavy (non-hydrogen) atoms. The molecule has 4 aromatic carbocycles. The number of aliphatic hydroxyl groups excluding tert-OH is 1. The molecule has 0 aromatic heterocycles. The van der Waals surface area contributed by atoms with Gasteiger partial charge in [0, 0.05) is 12.1 Å². The first kappa shape index (κ1) is 39.5. The van der Waals surface area contributed by atoms with E-state index in [-0.39, 0.29) is 11.9 Å². The Hall–Kier alpha value is -3.74. The number of ether oxygens (including phenoxy) is 5. The maximum Gasteiger partial charge on any atom is 0.237 e. The van der Waals surface area contributed by atoms with E-state index in [9.17, 15) is 9.90 Å². The van der Waals surface area contributed by atoms with Crippen molar-refractivity contribution in [3.8, 4) is 5.75 Å². The van der Waals surface area contributed by atoms with Crippen molar-refractivity contribution in [3.63, 3.8) is 0 Å². The zero-order valence-corrected chi connectivity index (χ0v) is 33.1. The van der Waals surface area contributed by atoms with E-state index in [0.717, 1.165) is 48.1 Å². The number of benzene rings is 4. The van der Waals surface area contributed by atoms with E-state index in [1.54, 1.807) is 7.11 Å². The number of hydrogen-bond acceptors (Lipinski definition) is 9. The third kappa shape index (κ3) is 8.09. The van der Waals surface area contributed by atoms with E-state index in [1.807, 2.05) is 99.1 Å². The van der Waals surface area contributed by atoms with Gasteiger partial charge in [0.2, 0.25) is 5.91 Å². The summed E-state index contributed by atoms with van der Waals surface area (Å²) in [6.45, 7) is 5.06. The van der Waals surface area contributed by atoms with E-state index in [4.69, 9.17) is 23.7 Å². The highest BCUT2D eigenvalue weighted by molar-refractivity contribution is 7.99. The van der Waals surface area contributed by atoms with Gasteiger partial charge in [-0.05, 0) is 67.8 Å². The molecule has 0 radical (unpaired) electrons. The minimum atomic E-state index is -1.06. The van der Waals surface area contributed by atoms with Gasteiger partial charge in [0.15, 0.2) is 6.29 Å². The van der Waals surface area contributed by atoms with E-state index in [1.165, 1.54) is 11.8 Å². The largest absolute Gasteiger partial charge is 0.497 e. The van der Waals surface area contributed by atoms with Crippen molar-refractivity contribution in [2.24, 2.45) is 5.92 Å². The Morgan fingerprint density at radius 2 is 1.45 bits per heavy atom. The smallest absolute Gasteiger partial charge is 0.237 e. The van der Waals surface area contributed by atoms with Crippen molar-refractivity contribution in [2.45, 2.75) is 93.0 Å². The van der Waals surface area contributed by atoms with Gasteiger partial charge in [-0.3, -0.25) is 9.69 Å². The number of fused-ring (bicyclic) bond motifs is 1. The number of carbonyl (C=O) groups is 1. The Morgan fingerprint density at radius 1 is 0.891 bits per heavy atom. The van der Waals surface area contributed by atoms with Gasteiger partial charge in [-0.2, -0.15) is 0 Å². The van der Waals surface area contributed by atoms with Crippen molar-refractivity contribution >= 4 is 17.7 Å². The highest BCUT2D eigenvalue weighted by Gasteiger charge is 2.56. The minimum absolute atomic E-state index is 0.0797. The molecule has 0 bridgehead atoms. The summed E-state index contributed by atoms with van der Waals surface area (Å²) in [6, 6.07) is 37.2. The molecule has 3 aliphatic rings. The van der Waals surface area contributed by atoms with Crippen LogP contribution in [-0.2, 0) is 29.3 Å². The zero-order chi connectivity index (χ0) is 38.5. The third-order valence-corrected chi connectivity index (χ3v) is 12.3. The lowest BCUT2D eigenvalue weighted by Gasteiger charge is -2.46. The average Bonchev–Trinajstić information content (AvgIpc) is 3.85. The summed E-state index contributed by atoms with van der Waals surface area (Å²) in [5.74, 6) is 1.08. The second-order valence-corrected chi connectivity index (χ2v) is 15.9. The number of likely N-dealkylation sites (N-methyl/N-ethyl adjacent to an activating group) is 1. The predicted molar refractivity (Wildman–Crippen MR) is 215 cm³/mol. The predicted octanol–water partition coefficient (Wildman–Crippen LogP) is 6.93. The maximum absolute atomic E-state index is 14.6. The summed E-state index contributed by atoms with van der Waals surface area (Å²) in [7, 11) is 3.65. The molecule has 10 heteroatoms. The number of likely N-dealkylation sites (tertiary alicyclic amines) is 1. The molecule has 0 saturated carbocycles. The Morgan fingerprint density at radius 3 is 1.98 bits per heavy atom. The SMILES string of the molecule is CCC[C@@H]1C[C@@H](C(=O)N[C@@H]([C@@H]2O[C@H](SC)[C@H](O)[C@@H]3O[C@H](c4ccc(OC)cc4)O[C@@H]32)[C@H](C)OC(c2ccccc2)(c2ccccc2)c2ccccc2)N(C)C1. The van der Waals surface area contributed by atoms with Gasteiger partial charge < -0.3 is 34.1 Å². The van der Waals surface area contributed by atoms with Crippen LogP contribution in [0.25, 0.3) is 0 Å². The van der Waals surface area contributed by atoms with Crippen molar-refractivity contribution in [1.29, 1.82) is 0 Å². The number of hydrogen-bond donors (Lipinski definition) is 2. The number of aliphatic hydroxyl groups is 1. The lowest BCUT2D eigenvalue weighted by Crippen LogP contribution is -2.65. The molecule has 3 heterocycles. The Balaban J connectivity index is 1.31. The number of rotatable bonds is 14. The molecule has 1 amide bonds. The number of carbonyl (C=O) groups excluding carboxylic acids is 1. The first-order valence-corrected chi connectivity index (χ1v) is 20.7. The second-order valence-electron chi connectivity index (χ2n) is 15.0. The zero-order valence-electron chi connectivity index (χ0n) is 32.3. The summed E-state index contributed by atoms with van der Waals surface area (Å²) in [6.07, 6.45) is 0.265. The number of thioether (sulfide) groups is 1. The first-order chi connectivity index (χ1) is 26.8. The molecule has 2 N–H and O–H groups in total. The fourth-order valence-electron chi connectivity index (χ4n) is 8.71. The molecule has 3 aliphatic heterocycles. The normalized spacial score (nSPS) is 28.0. The molecular formula is C45H54N2O7S. The molecular weight excluding hydrogens is 713 g/mol. The topological polar surface area (TPSA) is 98.7 Å². The quantitative estimate of drug-likeness (QED) is 0.133. The minimum Gasteiger partial charge on any atom is -0.497 e. The van der Waals surface area contributed by atoms with Crippen molar-refractivity contribution in [3.05, 3.63) is 138 Å². The summed E-state index contributed by atoms with van der Waals surface area (Å²) in [5, 5.41) is 15.1. The summed E-state index contributed by atoms with van der Waals surface area (Å²) < 4.78 is 33.0. The number of methoxy groups -OCH3 is 1. The lowest BCUT2D eigenvalue weighted by atomic mass is 9.79. The van der Waals surface area contributed by atoms with Crippen LogP contribution in [0.3, 0.4) is 0 Å². The van der Waals surface area contributed by atoms with Crippen LogP contribution in [-0.4, -0.2) is 90.9 Å². The summed E-state index contributed by atoms with van der Waals surface area (Å²) >= 11 is 1.41. The molecule has 0 spiro atoms. The van der Waals surface area contributed by atoms with Crippen molar-refractivity contribution in [1.82, 2.24) is 10.2 Å². The van der Waals surface area contributed by atoms with Gasteiger partial charge in [-0.1, -0.05) is 116 Å². The molecule has 3 fully saturated rings. The van der Waals surface area contributed by atoms with Crippen molar-refractivity contribution < 1.29 is 33.6 Å². The van der Waals surface area contributed by atoms with Gasteiger partial charge in [-0.15, -0.1) is 11.8 Å². The van der Waals surface area contributed by atoms with Crippen LogP contribution in [0.1, 0.15) is 61.7 Å². The summed E-state index contributed by atoms with van der Waals surface area (Å²) in [5.41, 5.74) is 1.93. The van der Waals surface area contributed by atoms with E-state index in [0.29, 0.717) is 11.7 Å². The van der Waals surface area contributed by atoms with Gasteiger partial charge in [0.25, 0.3) is 0 Å². The van der Waals surface area contributed by atoms with E-state index >= 15 is 0 Å². The molecule has 10 atom stereocenters. The number of nitrogens with one attached hydrogen (secondary N) is 1. The Kier molecular flexibility index (Phi) is 12.6. The molecule has 3 saturated heterocycles. The van der Waals surface area contributed by atoms with Crippen LogP contribution in [0.15, 0.2) is 115 Å². The maximum atomic E-state index is 14.6. The molecule has 292 valence electrons. The molecule has 0 aliphatic carbocycles. The highest BCUT2D eigenvalue weighted by atomic mass is 32.2. The van der Waals surface area contributed by atoms with Crippen LogP contribution in [0.5, 0.6) is 5.75 Å². The van der Waals surface area contributed by atoms with E-state index < -0.39 is 53.9 Å². The Bertz CT molecular complexity index is 1720. The third-order valence-electron chi connectivity index (χ3n) is 11.4. The standard InChI is InChI=1S/C45H54N2O7S/c1-6-16-30-27-36(47(3)28-30)42(49)46-37(39-41-40(38(48)44(53-39)55-5)51-43(52-41)31-23-25-35(50-4)26-24-31)29(2)54-45(32-17-10-7-11-18-32,33-19-12-8-13-20-33)34-21-14-9-15-22-34/h7-15,17-26,29-30,36-41,43-44,48H,6,16,27-28H2,1-5H3,(H,46,49)/t29-,30+,36-,37+,38+,39-,40-,41+,43-,44+/m0/s1. The van der Waals surface area contributed by atoms with Crippen LogP contribution in [0.4, 0.5) is 0 Å². The molecule has 4 aromatic rings. The van der Waals surface area contributed by atoms with Crippen LogP contribution >= 0.6 is 11.8 Å². The summed E-state index contributed by atoms with van der Waals surface area (Å²) in [4.78, 5) is 16.8. The van der Waals surface area contributed by atoms with Gasteiger partial charge in [0.1, 0.15) is 41.2 Å². The van der Waals surface area contributed by atoms with Crippen LogP contribution < -0.4 is 10.1 Å². The van der Waals surface area contributed by atoms with Gasteiger partial charge in [0.05, 0.1) is 25.3 Å². The van der Waals surface area contributed by atoms with Gasteiger partial charge in [-0.25, -0.2) is 0 Å². The molecule has 9 nitrogen and oxygen atoms in total. The van der Waals surface area contributed by atoms with Crippen molar-refractivity contribution in [2.75, 3.05) is 27.0 Å². The first-order valence-electron chi connectivity index (χ1n) is 19.4.